The maximum Gasteiger partial charge on any atom is 0.341 e. The molecule has 0 saturated heterocycles. The molecule has 0 amide bonds. The van der Waals surface area contributed by atoms with Gasteiger partial charge in [-0.25, -0.2) is 4.79 Å². The van der Waals surface area contributed by atoms with E-state index in [4.69, 9.17) is 4.74 Å². The number of hydrogen-bond donors (Lipinski definition) is 1. The number of rotatable bonds is 5. The highest BCUT2D eigenvalue weighted by atomic mass is 32.1. The number of methoxy groups -OCH3 is 1. The van der Waals surface area contributed by atoms with Crippen molar-refractivity contribution in [1.82, 2.24) is 4.57 Å². The van der Waals surface area contributed by atoms with E-state index in [0.29, 0.717) is 11.9 Å². The fourth-order valence-corrected chi connectivity index (χ4v) is 3.52. The number of carboxylic acid groups (broad SMARTS) is 1. The number of aliphatic imine (C=N–C) groups is 1. The lowest BCUT2D eigenvalue weighted by atomic mass is 10.2. The topological polar surface area (TPSA) is 80.9 Å². The summed E-state index contributed by atoms with van der Waals surface area (Å²) >= 11 is 1.41. The Morgan fingerprint density at radius 2 is 2.08 bits per heavy atom. The van der Waals surface area contributed by atoms with Gasteiger partial charge in [-0.15, -0.1) is 11.3 Å². The summed E-state index contributed by atoms with van der Waals surface area (Å²) in [6.07, 6.45) is 3.07. The first kappa shape index (κ1) is 16.9. The number of aromatic carboxylic acids is 1. The molecule has 2 heterocycles. The number of thiophene rings is 1. The lowest BCUT2D eigenvalue weighted by molar-refractivity contribution is 0.0695. The molecule has 3 rings (SSSR count). The molecule has 0 radical (unpaired) electrons. The molecular weight excluding hydrogens is 340 g/mol. The van der Waals surface area contributed by atoms with Crippen molar-refractivity contribution >= 4 is 39.4 Å². The van der Waals surface area contributed by atoms with E-state index in [9.17, 15) is 14.7 Å². The molecule has 128 valence electrons. The Kier molecular flexibility index (Phi) is 4.67. The summed E-state index contributed by atoms with van der Waals surface area (Å²) in [4.78, 5) is 29.5. The van der Waals surface area contributed by atoms with Crippen LogP contribution in [0.1, 0.15) is 22.2 Å². The SMILES string of the molecule is CCn1cc(C(=O)O)c(=O)c2cc(/C=N/c3ccc(OC)cc3)sc21. The van der Waals surface area contributed by atoms with Gasteiger partial charge in [-0.05, 0) is 37.3 Å². The van der Waals surface area contributed by atoms with E-state index in [1.807, 2.05) is 31.2 Å². The smallest absolute Gasteiger partial charge is 0.341 e. The molecule has 0 aliphatic carbocycles. The summed E-state index contributed by atoms with van der Waals surface area (Å²) in [6, 6.07) is 8.98. The van der Waals surface area contributed by atoms with Crippen LogP contribution in [0.15, 0.2) is 46.3 Å². The third kappa shape index (κ3) is 3.32. The summed E-state index contributed by atoms with van der Waals surface area (Å²) in [6.45, 7) is 2.48. The first-order chi connectivity index (χ1) is 12.0. The van der Waals surface area contributed by atoms with Crippen molar-refractivity contribution in [2.45, 2.75) is 13.5 Å². The summed E-state index contributed by atoms with van der Waals surface area (Å²) in [5, 5.41) is 9.61. The van der Waals surface area contributed by atoms with Gasteiger partial charge in [-0.1, -0.05) is 0 Å². The molecule has 1 N–H and O–H groups in total. The van der Waals surface area contributed by atoms with Gasteiger partial charge in [0.15, 0.2) is 0 Å². The summed E-state index contributed by atoms with van der Waals surface area (Å²) in [5.41, 5.74) is 0.0773. The number of benzene rings is 1. The van der Waals surface area contributed by atoms with Crippen LogP contribution in [-0.4, -0.2) is 29.0 Å². The van der Waals surface area contributed by atoms with Crippen LogP contribution < -0.4 is 10.2 Å². The Labute approximate surface area is 147 Å². The average Bonchev–Trinajstić information content (AvgIpc) is 3.05. The second-order valence-corrected chi connectivity index (χ2v) is 6.35. The quantitative estimate of drug-likeness (QED) is 0.709. The standard InChI is InChI=1S/C18H16N2O4S/c1-3-20-10-15(18(22)23)16(21)14-8-13(25-17(14)20)9-19-11-4-6-12(24-2)7-5-11/h4-10H,3H2,1-2H3,(H,22,23)/b19-9+. The number of aryl methyl sites for hydroxylation is 1. The van der Waals surface area contributed by atoms with Gasteiger partial charge in [-0.3, -0.25) is 9.79 Å². The van der Waals surface area contributed by atoms with E-state index in [1.54, 1.807) is 24.0 Å². The maximum absolute atomic E-state index is 12.4. The van der Waals surface area contributed by atoms with Crippen molar-refractivity contribution in [1.29, 1.82) is 0 Å². The second kappa shape index (κ2) is 6.90. The largest absolute Gasteiger partial charge is 0.497 e. The van der Waals surface area contributed by atoms with Crippen molar-refractivity contribution in [2.24, 2.45) is 4.99 Å². The minimum absolute atomic E-state index is 0.217. The first-order valence-corrected chi connectivity index (χ1v) is 8.43. The first-order valence-electron chi connectivity index (χ1n) is 7.62. The third-order valence-electron chi connectivity index (χ3n) is 3.75. The lowest BCUT2D eigenvalue weighted by Gasteiger charge is -2.05. The summed E-state index contributed by atoms with van der Waals surface area (Å²) in [7, 11) is 1.60. The molecule has 3 aromatic rings. The van der Waals surface area contributed by atoms with Crippen LogP contribution in [0.4, 0.5) is 5.69 Å². The molecule has 0 aliphatic rings. The predicted octanol–water partition coefficient (Wildman–Crippen LogP) is 3.54. The molecule has 0 bridgehead atoms. The van der Waals surface area contributed by atoms with Crippen molar-refractivity contribution in [3.8, 4) is 5.75 Å². The van der Waals surface area contributed by atoms with Gasteiger partial charge in [-0.2, -0.15) is 0 Å². The Morgan fingerprint density at radius 3 is 2.68 bits per heavy atom. The average molecular weight is 356 g/mol. The van der Waals surface area contributed by atoms with Crippen LogP contribution >= 0.6 is 11.3 Å². The third-order valence-corrected chi connectivity index (χ3v) is 4.86. The number of carbonyl (C=O) groups is 1. The zero-order chi connectivity index (χ0) is 18.0. The van der Waals surface area contributed by atoms with Crippen molar-refractivity contribution in [2.75, 3.05) is 7.11 Å². The number of carboxylic acids is 1. The Morgan fingerprint density at radius 1 is 1.36 bits per heavy atom. The second-order valence-electron chi connectivity index (χ2n) is 5.29. The molecule has 0 atom stereocenters. The monoisotopic (exact) mass is 356 g/mol. The van der Waals surface area contributed by atoms with E-state index in [-0.39, 0.29) is 5.56 Å². The van der Waals surface area contributed by atoms with Crippen LogP contribution in [0.25, 0.3) is 10.2 Å². The maximum atomic E-state index is 12.4. The minimum Gasteiger partial charge on any atom is -0.497 e. The number of hydrogen-bond acceptors (Lipinski definition) is 5. The number of fused-ring (bicyclic) bond motifs is 1. The highest BCUT2D eigenvalue weighted by molar-refractivity contribution is 7.20. The Balaban J connectivity index is 2.02. The van der Waals surface area contributed by atoms with E-state index in [2.05, 4.69) is 4.99 Å². The van der Waals surface area contributed by atoms with Crippen LogP contribution in [0.3, 0.4) is 0 Å². The number of ether oxygens (including phenoxy) is 1. The predicted molar refractivity (Wildman–Crippen MR) is 99.0 cm³/mol. The normalized spacial score (nSPS) is 11.3. The molecule has 25 heavy (non-hydrogen) atoms. The fourth-order valence-electron chi connectivity index (χ4n) is 2.45. The molecule has 1 aromatic carbocycles. The van der Waals surface area contributed by atoms with E-state index in [1.165, 1.54) is 17.5 Å². The molecule has 0 spiro atoms. The van der Waals surface area contributed by atoms with E-state index < -0.39 is 11.4 Å². The van der Waals surface area contributed by atoms with Gasteiger partial charge in [0.1, 0.15) is 16.1 Å². The lowest BCUT2D eigenvalue weighted by Crippen LogP contribution is -2.17. The zero-order valence-corrected chi connectivity index (χ0v) is 14.5. The molecule has 6 nitrogen and oxygen atoms in total. The van der Waals surface area contributed by atoms with Gasteiger partial charge in [0.2, 0.25) is 5.43 Å². The van der Waals surface area contributed by atoms with Crippen LogP contribution in [0, 0.1) is 0 Å². The fraction of sp³-hybridized carbons (Fsp3) is 0.167. The number of aromatic nitrogens is 1. The molecule has 2 aromatic heterocycles. The Hall–Kier alpha value is -2.93. The number of nitrogens with zero attached hydrogens (tertiary/aromatic N) is 2. The van der Waals surface area contributed by atoms with Gasteiger partial charge < -0.3 is 14.4 Å². The highest BCUT2D eigenvalue weighted by Crippen LogP contribution is 2.24. The number of pyridine rings is 1. The van der Waals surface area contributed by atoms with E-state index in [0.717, 1.165) is 21.1 Å². The minimum atomic E-state index is -1.21. The Bertz CT molecular complexity index is 1020. The van der Waals surface area contributed by atoms with Crippen molar-refractivity contribution < 1.29 is 14.6 Å². The summed E-state index contributed by atoms with van der Waals surface area (Å²) in [5.74, 6) is -0.462. The van der Waals surface area contributed by atoms with Gasteiger partial charge in [0.05, 0.1) is 18.2 Å². The highest BCUT2D eigenvalue weighted by Gasteiger charge is 2.16. The molecule has 0 unspecified atom stereocenters. The van der Waals surface area contributed by atoms with Gasteiger partial charge >= 0.3 is 5.97 Å². The van der Waals surface area contributed by atoms with Crippen LogP contribution in [0.5, 0.6) is 5.75 Å². The van der Waals surface area contributed by atoms with Gasteiger partial charge in [0, 0.05) is 23.8 Å². The zero-order valence-electron chi connectivity index (χ0n) is 13.7. The van der Waals surface area contributed by atoms with Crippen LogP contribution in [0.2, 0.25) is 0 Å². The molecule has 7 heteroatoms. The molecule has 0 fully saturated rings. The summed E-state index contributed by atoms with van der Waals surface area (Å²) < 4.78 is 6.88. The van der Waals surface area contributed by atoms with Crippen LogP contribution in [-0.2, 0) is 6.54 Å². The molecule has 0 saturated carbocycles. The molecular formula is C18H16N2O4S. The van der Waals surface area contributed by atoms with Gasteiger partial charge in [0.25, 0.3) is 0 Å². The molecule has 0 aliphatic heterocycles. The van der Waals surface area contributed by atoms with Crippen molar-refractivity contribution in [3.63, 3.8) is 0 Å². The van der Waals surface area contributed by atoms with E-state index >= 15 is 0 Å². The van der Waals surface area contributed by atoms with Crippen molar-refractivity contribution in [3.05, 3.63) is 57.2 Å².